The molecular weight excluding hydrogens is 427 g/mol. The zero-order valence-corrected chi connectivity index (χ0v) is 17.8. The van der Waals surface area contributed by atoms with E-state index in [9.17, 15) is 19.2 Å². The number of thioether (sulfide) groups is 1. The normalized spacial score (nSPS) is 11.7. The van der Waals surface area contributed by atoms with E-state index in [0.717, 1.165) is 11.8 Å². The summed E-state index contributed by atoms with van der Waals surface area (Å²) < 4.78 is 14.8. The molecule has 6 nitrogen and oxygen atoms in total. The van der Waals surface area contributed by atoms with E-state index < -0.39 is 11.1 Å². The van der Waals surface area contributed by atoms with E-state index >= 15 is 0 Å². The molecule has 1 aromatic heterocycles. The zero-order chi connectivity index (χ0) is 22.7. The van der Waals surface area contributed by atoms with Crippen LogP contribution in [0.1, 0.15) is 12.5 Å². The van der Waals surface area contributed by atoms with Crippen molar-refractivity contribution < 1.29 is 9.18 Å². The third-order valence-corrected chi connectivity index (χ3v) is 5.84. The Morgan fingerprint density at radius 2 is 1.78 bits per heavy atom. The number of nitrogens with zero attached hydrogens (tertiary/aromatic N) is 3. The first-order valence-corrected chi connectivity index (χ1v) is 10.6. The maximum absolute atomic E-state index is 13.5. The number of hydrogen-bond acceptors (Lipinski definition) is 5. The molecular formula is C24H17FN4O2S. The number of carbonyl (C=O) groups excluding carboxylic acids is 1. The molecule has 0 saturated carbocycles. The van der Waals surface area contributed by atoms with Crippen LogP contribution < -0.4 is 10.9 Å². The number of halogens is 1. The van der Waals surface area contributed by atoms with Crippen LogP contribution in [0.15, 0.2) is 82.7 Å². The fourth-order valence-electron chi connectivity index (χ4n) is 3.14. The molecule has 32 heavy (non-hydrogen) atoms. The highest BCUT2D eigenvalue weighted by molar-refractivity contribution is 8.00. The summed E-state index contributed by atoms with van der Waals surface area (Å²) in [5.41, 5.74) is 1.40. The van der Waals surface area contributed by atoms with E-state index in [1.165, 1.54) is 28.8 Å². The number of hydrogen-bond donors (Lipinski definition) is 1. The summed E-state index contributed by atoms with van der Waals surface area (Å²) in [5.74, 6) is -0.764. The second-order valence-electron chi connectivity index (χ2n) is 6.94. The largest absolute Gasteiger partial charge is 0.324 e. The minimum absolute atomic E-state index is 0.302. The summed E-state index contributed by atoms with van der Waals surface area (Å²) in [6.07, 6.45) is 0. The average Bonchev–Trinajstić information content (AvgIpc) is 2.80. The van der Waals surface area contributed by atoms with Crippen molar-refractivity contribution >= 4 is 34.3 Å². The highest BCUT2D eigenvalue weighted by atomic mass is 32.2. The number of aromatic nitrogens is 2. The van der Waals surface area contributed by atoms with Gasteiger partial charge in [-0.2, -0.15) is 5.26 Å². The number of rotatable bonds is 5. The molecule has 0 spiro atoms. The van der Waals surface area contributed by atoms with Crippen LogP contribution in [0.25, 0.3) is 16.6 Å². The van der Waals surface area contributed by atoms with E-state index in [1.807, 2.05) is 6.07 Å². The van der Waals surface area contributed by atoms with E-state index in [0.29, 0.717) is 33.0 Å². The summed E-state index contributed by atoms with van der Waals surface area (Å²) in [4.78, 5) is 30.7. The highest BCUT2D eigenvalue weighted by Crippen LogP contribution is 2.26. The van der Waals surface area contributed by atoms with Gasteiger partial charge in [0.25, 0.3) is 5.56 Å². The number of amides is 1. The molecule has 158 valence electrons. The topological polar surface area (TPSA) is 87.8 Å². The minimum atomic E-state index is -0.637. The number of para-hydroxylation sites is 2. The van der Waals surface area contributed by atoms with Gasteiger partial charge in [-0.1, -0.05) is 36.0 Å². The van der Waals surface area contributed by atoms with Crippen molar-refractivity contribution in [2.75, 3.05) is 5.32 Å². The molecule has 0 bridgehead atoms. The average molecular weight is 444 g/mol. The molecule has 0 saturated heterocycles. The Hall–Kier alpha value is -3.96. The number of carbonyl (C=O) groups is 1. The molecule has 1 atom stereocenters. The van der Waals surface area contributed by atoms with Crippen molar-refractivity contribution in [3.8, 4) is 11.8 Å². The van der Waals surface area contributed by atoms with Gasteiger partial charge in [0.15, 0.2) is 5.16 Å². The number of anilines is 1. The maximum atomic E-state index is 13.5. The summed E-state index contributed by atoms with van der Waals surface area (Å²) >= 11 is 1.10. The van der Waals surface area contributed by atoms with Crippen molar-refractivity contribution in [1.82, 2.24) is 9.55 Å². The van der Waals surface area contributed by atoms with Gasteiger partial charge in [0.05, 0.1) is 33.1 Å². The second-order valence-corrected chi connectivity index (χ2v) is 8.24. The molecule has 1 amide bonds. The van der Waals surface area contributed by atoms with Gasteiger partial charge in [-0.05, 0) is 55.5 Å². The second kappa shape index (κ2) is 9.04. The number of fused-ring (bicyclic) bond motifs is 1. The molecule has 3 aromatic carbocycles. The van der Waals surface area contributed by atoms with Crippen molar-refractivity contribution in [3.63, 3.8) is 0 Å². The van der Waals surface area contributed by atoms with Crippen LogP contribution in [0.2, 0.25) is 0 Å². The number of nitrogens with one attached hydrogen (secondary N) is 1. The first-order chi connectivity index (χ1) is 15.5. The SMILES string of the molecule is CC(Sc1nc2ccccc2c(=O)n1-c1ccc(F)cc1)C(=O)Nc1ccccc1C#N. The van der Waals surface area contributed by atoms with E-state index in [-0.39, 0.29) is 11.5 Å². The fraction of sp³-hybridized carbons (Fsp3) is 0.0833. The molecule has 4 aromatic rings. The fourth-order valence-corrected chi connectivity index (χ4v) is 4.07. The molecule has 1 unspecified atom stereocenters. The van der Waals surface area contributed by atoms with Gasteiger partial charge in [0, 0.05) is 0 Å². The lowest BCUT2D eigenvalue weighted by Crippen LogP contribution is -2.26. The predicted molar refractivity (Wildman–Crippen MR) is 122 cm³/mol. The first-order valence-electron chi connectivity index (χ1n) is 9.72. The molecule has 0 aliphatic rings. The summed E-state index contributed by atoms with van der Waals surface area (Å²) in [5, 5.41) is 12.1. The van der Waals surface area contributed by atoms with Crippen molar-refractivity contribution in [1.29, 1.82) is 5.26 Å². The van der Waals surface area contributed by atoms with Crippen molar-refractivity contribution in [2.45, 2.75) is 17.3 Å². The quantitative estimate of drug-likeness (QED) is 0.361. The molecule has 0 aliphatic heterocycles. The minimum Gasteiger partial charge on any atom is -0.324 e. The van der Waals surface area contributed by atoms with E-state index in [4.69, 9.17) is 0 Å². The summed E-state index contributed by atoms with van der Waals surface area (Å²) in [6, 6.07) is 21.2. The van der Waals surface area contributed by atoms with E-state index in [2.05, 4.69) is 10.3 Å². The van der Waals surface area contributed by atoms with Gasteiger partial charge in [0.1, 0.15) is 11.9 Å². The van der Waals surface area contributed by atoms with Crippen LogP contribution in [0.4, 0.5) is 10.1 Å². The Bertz CT molecular complexity index is 1410. The summed E-state index contributed by atoms with van der Waals surface area (Å²) in [6.45, 7) is 1.69. The Kier molecular flexibility index (Phi) is 6.01. The van der Waals surface area contributed by atoms with Gasteiger partial charge in [-0.15, -0.1) is 0 Å². The molecule has 8 heteroatoms. The standard InChI is InChI=1S/C24H17FN4O2S/c1-15(22(30)27-20-8-4-2-6-16(20)14-26)32-24-28-21-9-5-3-7-19(21)23(31)29(24)18-12-10-17(25)11-13-18/h2-13,15H,1H3,(H,27,30). The van der Waals surface area contributed by atoms with Crippen LogP contribution in [0, 0.1) is 17.1 Å². The highest BCUT2D eigenvalue weighted by Gasteiger charge is 2.21. The monoisotopic (exact) mass is 444 g/mol. The van der Waals surface area contributed by atoms with Crippen LogP contribution in [0.5, 0.6) is 0 Å². The van der Waals surface area contributed by atoms with Crippen LogP contribution in [-0.4, -0.2) is 20.7 Å². The lowest BCUT2D eigenvalue weighted by Gasteiger charge is -2.17. The van der Waals surface area contributed by atoms with Gasteiger partial charge < -0.3 is 5.32 Å². The lowest BCUT2D eigenvalue weighted by molar-refractivity contribution is -0.115. The molecule has 0 aliphatic carbocycles. The Morgan fingerprint density at radius 1 is 1.09 bits per heavy atom. The lowest BCUT2D eigenvalue weighted by atomic mass is 10.2. The van der Waals surface area contributed by atoms with Crippen LogP contribution >= 0.6 is 11.8 Å². The third kappa shape index (κ3) is 4.24. The Labute approximate surface area is 187 Å². The Morgan fingerprint density at radius 3 is 2.53 bits per heavy atom. The molecule has 1 heterocycles. The molecule has 4 rings (SSSR count). The molecule has 0 fully saturated rings. The van der Waals surface area contributed by atoms with Crippen LogP contribution in [-0.2, 0) is 4.79 Å². The molecule has 1 N–H and O–H groups in total. The van der Waals surface area contributed by atoms with Crippen LogP contribution in [0.3, 0.4) is 0 Å². The van der Waals surface area contributed by atoms with Gasteiger partial charge >= 0.3 is 0 Å². The van der Waals surface area contributed by atoms with E-state index in [1.54, 1.807) is 55.5 Å². The molecule has 0 radical (unpaired) electrons. The summed E-state index contributed by atoms with van der Waals surface area (Å²) in [7, 11) is 0. The van der Waals surface area contributed by atoms with Gasteiger partial charge in [-0.25, -0.2) is 9.37 Å². The van der Waals surface area contributed by atoms with Gasteiger partial charge in [-0.3, -0.25) is 14.2 Å². The number of benzene rings is 3. The first kappa shape index (κ1) is 21.3. The van der Waals surface area contributed by atoms with Crippen molar-refractivity contribution in [2.24, 2.45) is 0 Å². The smallest absolute Gasteiger partial charge is 0.266 e. The Balaban J connectivity index is 1.72. The third-order valence-electron chi connectivity index (χ3n) is 4.79. The number of nitriles is 1. The van der Waals surface area contributed by atoms with Crippen molar-refractivity contribution in [3.05, 3.63) is 94.5 Å². The maximum Gasteiger partial charge on any atom is 0.266 e. The zero-order valence-electron chi connectivity index (χ0n) is 16.9. The van der Waals surface area contributed by atoms with Gasteiger partial charge in [0.2, 0.25) is 5.91 Å². The predicted octanol–water partition coefficient (Wildman–Crippen LogP) is 4.52.